The summed E-state index contributed by atoms with van der Waals surface area (Å²) in [5.41, 5.74) is -0.0748. The summed E-state index contributed by atoms with van der Waals surface area (Å²) in [7, 11) is 0. The van der Waals surface area contributed by atoms with Gasteiger partial charge in [0.25, 0.3) is 0 Å². The zero-order valence-corrected chi connectivity index (χ0v) is 10.5. The van der Waals surface area contributed by atoms with Crippen LogP contribution in [-0.2, 0) is 0 Å². The molecule has 2 rings (SSSR count). The summed E-state index contributed by atoms with van der Waals surface area (Å²) in [6, 6.07) is 11.1. The predicted molar refractivity (Wildman–Crippen MR) is 74.9 cm³/mol. The fraction of sp³-hybridized carbons (Fsp3) is 0. The molecular weight excluding hydrogens is 252 g/mol. The Balaban J connectivity index is 2.25. The highest BCUT2D eigenvalue weighted by molar-refractivity contribution is 5.64. The van der Waals surface area contributed by atoms with Crippen LogP contribution in [0.1, 0.15) is 0 Å². The first kappa shape index (κ1) is 13.1. The van der Waals surface area contributed by atoms with Crippen molar-refractivity contribution in [3.05, 3.63) is 60.4 Å². The summed E-state index contributed by atoms with van der Waals surface area (Å²) in [6.45, 7) is 0. The van der Waals surface area contributed by atoms with Crippen LogP contribution in [0.4, 0.5) is 0 Å². The van der Waals surface area contributed by atoms with Crippen LogP contribution in [0.25, 0.3) is 0 Å². The van der Waals surface area contributed by atoms with Gasteiger partial charge in [-0.1, -0.05) is 0 Å². The molecule has 0 bridgehead atoms. The number of aromatic nitrogens is 2. The molecule has 2 aromatic rings. The minimum atomic E-state index is -0.0374. The van der Waals surface area contributed by atoms with Gasteiger partial charge < -0.3 is 9.13 Å². The number of hydrogen-bond donors (Lipinski definition) is 0. The van der Waals surface area contributed by atoms with Crippen molar-refractivity contribution >= 4 is 12.7 Å². The van der Waals surface area contributed by atoms with Gasteiger partial charge in [-0.05, 0) is 24.3 Å². The summed E-state index contributed by atoms with van der Waals surface area (Å²) in [5, 5.41) is 18.1. The minimum absolute atomic E-state index is 0.0374. The smallest absolute Gasteiger partial charge is 0.178 e. The molecular formula is C14H10N6. The molecule has 0 amide bonds. The second-order valence-electron chi connectivity index (χ2n) is 3.67. The Labute approximate surface area is 115 Å². The van der Waals surface area contributed by atoms with Gasteiger partial charge in [-0.3, -0.25) is 0 Å². The van der Waals surface area contributed by atoms with E-state index >= 15 is 0 Å². The largest absolute Gasteiger partial charge is 0.315 e. The van der Waals surface area contributed by atoms with E-state index in [-0.39, 0.29) is 11.4 Å². The molecule has 0 spiro atoms. The normalized spacial score (nSPS) is 12.3. The second kappa shape index (κ2) is 6.53. The lowest BCUT2D eigenvalue weighted by atomic mass is 10.4. The highest BCUT2D eigenvalue weighted by Crippen LogP contribution is 2.05. The quantitative estimate of drug-likeness (QED) is 0.479. The standard InChI is InChI=1S/C14H10N6/c15-9-13(17-11-19-5-1-2-6-19)14(10-16)18-12-20-7-3-4-8-20/h1-8,11-12H. The van der Waals surface area contributed by atoms with Crippen molar-refractivity contribution in [1.82, 2.24) is 9.13 Å². The molecule has 0 aromatic carbocycles. The molecule has 6 nitrogen and oxygen atoms in total. The van der Waals surface area contributed by atoms with Crippen LogP contribution in [0.5, 0.6) is 0 Å². The third-order valence-electron chi connectivity index (χ3n) is 2.33. The van der Waals surface area contributed by atoms with Crippen LogP contribution in [-0.4, -0.2) is 21.8 Å². The zero-order chi connectivity index (χ0) is 14.2. The molecule has 0 saturated carbocycles. The van der Waals surface area contributed by atoms with Crippen molar-refractivity contribution < 1.29 is 0 Å². The zero-order valence-electron chi connectivity index (χ0n) is 10.5. The summed E-state index contributed by atoms with van der Waals surface area (Å²) >= 11 is 0. The van der Waals surface area contributed by atoms with Crippen molar-refractivity contribution in [1.29, 1.82) is 10.5 Å². The Bertz CT molecular complexity index is 653. The predicted octanol–water partition coefficient (Wildman–Crippen LogP) is 2.00. The van der Waals surface area contributed by atoms with E-state index in [4.69, 9.17) is 10.5 Å². The van der Waals surface area contributed by atoms with E-state index in [0.29, 0.717) is 0 Å². The van der Waals surface area contributed by atoms with Crippen molar-refractivity contribution in [2.75, 3.05) is 0 Å². The van der Waals surface area contributed by atoms with Gasteiger partial charge in [0.1, 0.15) is 24.8 Å². The number of nitriles is 2. The second-order valence-corrected chi connectivity index (χ2v) is 3.67. The fourth-order valence-corrected chi connectivity index (χ4v) is 1.38. The van der Waals surface area contributed by atoms with E-state index in [9.17, 15) is 0 Å². The van der Waals surface area contributed by atoms with Gasteiger partial charge in [0.2, 0.25) is 0 Å². The van der Waals surface area contributed by atoms with Gasteiger partial charge in [0.05, 0.1) is 0 Å². The van der Waals surface area contributed by atoms with Crippen molar-refractivity contribution in [3.8, 4) is 12.1 Å². The Morgan fingerprint density at radius 1 is 0.750 bits per heavy atom. The van der Waals surface area contributed by atoms with Gasteiger partial charge in [-0.2, -0.15) is 10.5 Å². The molecule has 0 saturated heterocycles. The monoisotopic (exact) mass is 262 g/mol. The summed E-state index contributed by atoms with van der Waals surface area (Å²) in [6.07, 6.45) is 9.98. The molecule has 0 aliphatic carbocycles. The summed E-state index contributed by atoms with van der Waals surface area (Å²) in [4.78, 5) is 7.93. The lowest BCUT2D eigenvalue weighted by molar-refractivity contribution is 1.16. The summed E-state index contributed by atoms with van der Waals surface area (Å²) in [5.74, 6) is 0. The maximum atomic E-state index is 9.05. The topological polar surface area (TPSA) is 82.2 Å². The van der Waals surface area contributed by atoms with Crippen LogP contribution in [0, 0.1) is 22.7 Å². The van der Waals surface area contributed by atoms with E-state index < -0.39 is 0 Å². The van der Waals surface area contributed by atoms with Crippen LogP contribution in [0.15, 0.2) is 70.4 Å². The van der Waals surface area contributed by atoms with Gasteiger partial charge in [0, 0.05) is 24.8 Å². The van der Waals surface area contributed by atoms with Gasteiger partial charge in [-0.25, -0.2) is 9.98 Å². The Morgan fingerprint density at radius 3 is 1.40 bits per heavy atom. The Kier molecular flexibility index (Phi) is 4.26. The molecule has 0 atom stereocenters. The maximum absolute atomic E-state index is 9.05. The van der Waals surface area contributed by atoms with E-state index in [1.807, 2.05) is 36.4 Å². The van der Waals surface area contributed by atoms with Crippen molar-refractivity contribution in [2.24, 2.45) is 9.98 Å². The average Bonchev–Trinajstić information content (AvgIpc) is 3.15. The molecule has 0 radical (unpaired) electrons. The molecule has 96 valence electrons. The molecule has 0 fully saturated rings. The molecule has 0 aliphatic heterocycles. The maximum Gasteiger partial charge on any atom is 0.178 e. The average molecular weight is 262 g/mol. The van der Waals surface area contributed by atoms with Gasteiger partial charge in [-0.15, -0.1) is 0 Å². The SMILES string of the molecule is N#CC(N=Cn1cccc1)=C(C#N)N=Cn1cccc1. The van der Waals surface area contributed by atoms with Crippen LogP contribution < -0.4 is 0 Å². The minimum Gasteiger partial charge on any atom is -0.315 e. The van der Waals surface area contributed by atoms with Gasteiger partial charge in [0.15, 0.2) is 11.4 Å². The van der Waals surface area contributed by atoms with Crippen LogP contribution in [0.3, 0.4) is 0 Å². The summed E-state index contributed by atoms with van der Waals surface area (Å²) < 4.78 is 3.34. The Hall–Kier alpha value is -3.38. The first-order chi connectivity index (χ1) is 9.83. The number of nitrogens with zero attached hydrogens (tertiary/aromatic N) is 6. The third kappa shape index (κ3) is 3.31. The van der Waals surface area contributed by atoms with Crippen LogP contribution >= 0.6 is 0 Å². The lowest BCUT2D eigenvalue weighted by Gasteiger charge is -1.94. The van der Waals surface area contributed by atoms with E-state index in [0.717, 1.165) is 0 Å². The fourth-order valence-electron chi connectivity index (χ4n) is 1.38. The van der Waals surface area contributed by atoms with Crippen molar-refractivity contribution in [2.45, 2.75) is 0 Å². The number of hydrogen-bond acceptors (Lipinski definition) is 4. The van der Waals surface area contributed by atoms with Gasteiger partial charge >= 0.3 is 0 Å². The van der Waals surface area contributed by atoms with E-state index in [1.54, 1.807) is 33.9 Å². The highest BCUT2D eigenvalue weighted by Gasteiger charge is 2.02. The molecule has 2 heterocycles. The first-order valence-corrected chi connectivity index (χ1v) is 5.71. The lowest BCUT2D eigenvalue weighted by Crippen LogP contribution is -1.94. The van der Waals surface area contributed by atoms with E-state index in [1.165, 1.54) is 12.7 Å². The van der Waals surface area contributed by atoms with E-state index in [2.05, 4.69) is 9.98 Å². The molecule has 0 N–H and O–H groups in total. The Morgan fingerprint density at radius 2 is 1.10 bits per heavy atom. The number of aliphatic imine (C=N–C) groups is 2. The molecule has 2 aromatic heterocycles. The first-order valence-electron chi connectivity index (χ1n) is 5.71. The number of allylic oxidation sites excluding steroid dienone is 2. The van der Waals surface area contributed by atoms with Crippen LogP contribution in [0.2, 0.25) is 0 Å². The molecule has 0 unspecified atom stereocenters. The third-order valence-corrected chi connectivity index (χ3v) is 2.33. The highest BCUT2D eigenvalue weighted by atomic mass is 15.0. The van der Waals surface area contributed by atoms with Crippen molar-refractivity contribution in [3.63, 3.8) is 0 Å². The number of rotatable bonds is 4. The molecule has 0 aliphatic rings. The molecule has 6 heteroatoms. The molecule has 20 heavy (non-hydrogen) atoms.